The maximum absolute atomic E-state index is 13.1. The minimum atomic E-state index is -0.833. The Morgan fingerprint density at radius 3 is 2.67 bits per heavy atom. The number of carbonyl (C=O) groups excluding carboxylic acids is 2. The van der Waals surface area contributed by atoms with Crippen LogP contribution in [0.15, 0.2) is 35.6 Å². The number of oxime groups is 1. The van der Waals surface area contributed by atoms with Crippen LogP contribution in [-0.4, -0.2) is 39.5 Å². The number of benzene rings is 1. The fourth-order valence-electron chi connectivity index (χ4n) is 3.71. The van der Waals surface area contributed by atoms with Crippen molar-refractivity contribution in [3.8, 4) is 0 Å². The van der Waals surface area contributed by atoms with Gasteiger partial charge in [-0.05, 0) is 37.5 Å². The van der Waals surface area contributed by atoms with Gasteiger partial charge in [0.05, 0.1) is 11.4 Å². The minimum Gasteiger partial charge on any atom is -0.382 e. The molecule has 2 aromatic rings. The number of hydrogen-bond acceptors (Lipinski definition) is 5. The third-order valence-electron chi connectivity index (χ3n) is 5.39. The number of amides is 2. The fourth-order valence-corrected chi connectivity index (χ4v) is 3.71. The van der Waals surface area contributed by atoms with Crippen LogP contribution in [0.5, 0.6) is 0 Å². The summed E-state index contributed by atoms with van der Waals surface area (Å²) in [5, 5.41) is 14.0. The monoisotopic (exact) mass is 413 g/mol. The van der Waals surface area contributed by atoms with Gasteiger partial charge in [0, 0.05) is 25.2 Å². The molecule has 9 heteroatoms. The van der Waals surface area contributed by atoms with Crippen LogP contribution in [0.3, 0.4) is 0 Å². The molecule has 2 heterocycles. The molecular weight excluding hydrogens is 389 g/mol. The summed E-state index contributed by atoms with van der Waals surface area (Å²) < 4.78 is 14.7. The summed E-state index contributed by atoms with van der Waals surface area (Å²) in [7, 11) is 0. The number of anilines is 1. The molecule has 1 fully saturated rings. The molecule has 1 saturated carbocycles. The van der Waals surface area contributed by atoms with Crippen LogP contribution >= 0.6 is 0 Å². The van der Waals surface area contributed by atoms with Crippen molar-refractivity contribution < 1.29 is 18.8 Å². The normalized spacial score (nSPS) is 18.7. The predicted molar refractivity (Wildman–Crippen MR) is 109 cm³/mol. The highest BCUT2D eigenvalue weighted by molar-refractivity contribution is 6.07. The molecule has 8 nitrogen and oxygen atoms in total. The van der Waals surface area contributed by atoms with Gasteiger partial charge in [0.1, 0.15) is 5.82 Å². The van der Waals surface area contributed by atoms with E-state index >= 15 is 0 Å². The number of hydrogen-bond donors (Lipinski definition) is 2. The molecule has 2 aliphatic rings. The Bertz CT molecular complexity index is 964. The average molecular weight is 413 g/mol. The summed E-state index contributed by atoms with van der Waals surface area (Å²) in [5.41, 5.74) is 1.80. The van der Waals surface area contributed by atoms with Crippen LogP contribution < -0.4 is 10.6 Å². The first-order chi connectivity index (χ1) is 14.5. The smallest absolute Gasteiger partial charge is 0.274 e. The van der Waals surface area contributed by atoms with Gasteiger partial charge in [-0.3, -0.25) is 14.3 Å². The van der Waals surface area contributed by atoms with Gasteiger partial charge in [-0.15, -0.1) is 0 Å². The first kappa shape index (κ1) is 20.1. The van der Waals surface area contributed by atoms with Crippen molar-refractivity contribution in [3.63, 3.8) is 0 Å². The first-order valence-electron chi connectivity index (χ1n) is 10.2. The van der Waals surface area contributed by atoms with Crippen LogP contribution in [0.2, 0.25) is 0 Å². The van der Waals surface area contributed by atoms with E-state index in [4.69, 9.17) is 4.84 Å². The van der Waals surface area contributed by atoms with Crippen molar-refractivity contribution in [3.05, 3.63) is 47.5 Å². The van der Waals surface area contributed by atoms with Crippen LogP contribution in [-0.2, 0) is 16.2 Å². The van der Waals surface area contributed by atoms with E-state index in [-0.39, 0.29) is 29.9 Å². The summed E-state index contributed by atoms with van der Waals surface area (Å²) in [6.07, 6.45) is 5.19. The predicted octanol–water partition coefficient (Wildman–Crippen LogP) is 2.85. The quantitative estimate of drug-likeness (QED) is 0.761. The second kappa shape index (κ2) is 8.64. The minimum absolute atomic E-state index is 0.151. The molecule has 1 atom stereocenters. The second-order valence-corrected chi connectivity index (χ2v) is 7.53. The van der Waals surface area contributed by atoms with Crippen molar-refractivity contribution in [2.75, 3.05) is 5.32 Å². The lowest BCUT2D eigenvalue weighted by molar-refractivity contribution is -0.125. The standard InChI is InChI=1S/C21H24FN5O3/c1-2-27-12-17(19(25-27)21(29)23-15-5-3-4-6-15)24-20(28)18-11-16(26-30-18)13-7-9-14(22)10-8-13/h7-10,12,15,18H,2-6,11H2,1H3,(H,23,29)(H,24,28). The Kier molecular flexibility index (Phi) is 5.78. The molecule has 0 radical (unpaired) electrons. The Morgan fingerprint density at radius 1 is 1.23 bits per heavy atom. The largest absolute Gasteiger partial charge is 0.382 e. The SMILES string of the molecule is CCn1cc(NC(=O)C2CC(c3ccc(F)cc3)=NO2)c(C(=O)NC2CCCC2)n1. The Morgan fingerprint density at radius 2 is 1.97 bits per heavy atom. The highest BCUT2D eigenvalue weighted by Gasteiger charge is 2.31. The van der Waals surface area contributed by atoms with Gasteiger partial charge in [0.25, 0.3) is 11.8 Å². The van der Waals surface area contributed by atoms with Gasteiger partial charge in [-0.1, -0.05) is 30.1 Å². The molecule has 0 saturated heterocycles. The van der Waals surface area contributed by atoms with E-state index in [1.807, 2.05) is 6.92 Å². The zero-order valence-corrected chi connectivity index (χ0v) is 16.7. The molecule has 0 bridgehead atoms. The van der Waals surface area contributed by atoms with Gasteiger partial charge >= 0.3 is 0 Å². The Hall–Kier alpha value is -3.23. The molecule has 1 aliphatic carbocycles. The zero-order valence-electron chi connectivity index (χ0n) is 16.7. The van der Waals surface area contributed by atoms with Crippen molar-refractivity contribution in [1.29, 1.82) is 0 Å². The Balaban J connectivity index is 1.42. The molecular formula is C21H24FN5O3. The number of halogens is 1. The molecule has 2 N–H and O–H groups in total. The molecule has 30 heavy (non-hydrogen) atoms. The van der Waals surface area contributed by atoms with Crippen molar-refractivity contribution in [2.45, 2.75) is 57.7 Å². The Labute approximate surface area is 173 Å². The van der Waals surface area contributed by atoms with Crippen LogP contribution in [0.4, 0.5) is 10.1 Å². The third kappa shape index (κ3) is 4.34. The van der Waals surface area contributed by atoms with Crippen LogP contribution in [0.25, 0.3) is 0 Å². The van der Waals surface area contributed by atoms with Crippen molar-refractivity contribution >= 4 is 23.2 Å². The maximum atomic E-state index is 13.1. The molecule has 1 aromatic heterocycles. The lowest BCUT2D eigenvalue weighted by atomic mass is 10.0. The second-order valence-electron chi connectivity index (χ2n) is 7.53. The van der Waals surface area contributed by atoms with E-state index < -0.39 is 12.0 Å². The highest BCUT2D eigenvalue weighted by Crippen LogP contribution is 2.22. The number of nitrogens with one attached hydrogen (secondary N) is 2. The van der Waals surface area contributed by atoms with Gasteiger partial charge in [0.15, 0.2) is 5.69 Å². The van der Waals surface area contributed by atoms with Gasteiger partial charge in [-0.25, -0.2) is 4.39 Å². The van der Waals surface area contributed by atoms with E-state index in [1.165, 1.54) is 12.1 Å². The highest BCUT2D eigenvalue weighted by atomic mass is 19.1. The summed E-state index contributed by atoms with van der Waals surface area (Å²) in [6, 6.07) is 6.00. The van der Waals surface area contributed by atoms with E-state index in [0.29, 0.717) is 23.5 Å². The van der Waals surface area contributed by atoms with Gasteiger partial charge < -0.3 is 15.5 Å². The first-order valence-corrected chi connectivity index (χ1v) is 10.2. The van der Waals surface area contributed by atoms with Gasteiger partial charge in [-0.2, -0.15) is 5.10 Å². The van der Waals surface area contributed by atoms with E-state index in [0.717, 1.165) is 25.7 Å². The van der Waals surface area contributed by atoms with Crippen LogP contribution in [0, 0.1) is 5.82 Å². The third-order valence-corrected chi connectivity index (χ3v) is 5.39. The molecule has 0 spiro atoms. The maximum Gasteiger partial charge on any atom is 0.274 e. The summed E-state index contributed by atoms with van der Waals surface area (Å²) >= 11 is 0. The molecule has 1 aliphatic heterocycles. The zero-order chi connectivity index (χ0) is 21.1. The number of rotatable bonds is 6. The lowest BCUT2D eigenvalue weighted by Crippen LogP contribution is -2.34. The van der Waals surface area contributed by atoms with Gasteiger partial charge in [0.2, 0.25) is 6.10 Å². The number of carbonyl (C=O) groups is 2. The van der Waals surface area contributed by atoms with E-state index in [9.17, 15) is 14.0 Å². The molecule has 4 rings (SSSR count). The topological polar surface area (TPSA) is 97.6 Å². The molecule has 158 valence electrons. The summed E-state index contributed by atoms with van der Waals surface area (Å²) in [6.45, 7) is 2.47. The van der Waals surface area contributed by atoms with Crippen molar-refractivity contribution in [1.82, 2.24) is 15.1 Å². The number of aromatic nitrogens is 2. The average Bonchev–Trinajstić information content (AvgIpc) is 3.49. The van der Waals surface area contributed by atoms with Crippen molar-refractivity contribution in [2.24, 2.45) is 5.16 Å². The summed E-state index contributed by atoms with van der Waals surface area (Å²) in [4.78, 5) is 30.7. The fraction of sp³-hybridized carbons (Fsp3) is 0.429. The molecule has 2 amide bonds. The van der Waals surface area contributed by atoms with E-state index in [2.05, 4.69) is 20.9 Å². The number of aryl methyl sites for hydroxylation is 1. The molecule has 1 aromatic carbocycles. The number of nitrogens with zero attached hydrogens (tertiary/aromatic N) is 3. The molecule has 1 unspecified atom stereocenters. The van der Waals surface area contributed by atoms with Crippen LogP contribution in [0.1, 0.15) is 55.1 Å². The lowest BCUT2D eigenvalue weighted by Gasteiger charge is -2.12. The van der Waals surface area contributed by atoms with E-state index in [1.54, 1.807) is 23.0 Å². The summed E-state index contributed by atoms with van der Waals surface area (Å²) in [5.74, 6) is -1.05.